The fourth-order valence-corrected chi connectivity index (χ4v) is 1.12. The molecule has 0 unspecified atom stereocenters. The van der Waals surface area contributed by atoms with Crippen molar-refractivity contribution >= 4 is 0 Å². The van der Waals surface area contributed by atoms with E-state index in [4.69, 9.17) is 5.26 Å². The van der Waals surface area contributed by atoms with Gasteiger partial charge in [0, 0.05) is 0 Å². The summed E-state index contributed by atoms with van der Waals surface area (Å²) in [6, 6.07) is 8.22. The smallest absolute Gasteiger partial charge is 0.387 e. The number of hydrogen-bond donors (Lipinski definition) is 0. The van der Waals surface area contributed by atoms with Gasteiger partial charge in [-0.3, -0.25) is 0 Å². The zero-order valence-corrected chi connectivity index (χ0v) is 8.50. The number of halogens is 2. The van der Waals surface area contributed by atoms with Crippen LogP contribution in [0.3, 0.4) is 0 Å². The number of nitriles is 1. The van der Waals surface area contributed by atoms with Gasteiger partial charge in [0.2, 0.25) is 0 Å². The van der Waals surface area contributed by atoms with Crippen LogP contribution >= 0.6 is 0 Å². The molecule has 1 rings (SSSR count). The molecule has 0 heterocycles. The molecule has 0 aliphatic heterocycles. The molecule has 1 aromatic carbocycles. The second-order valence-electron chi connectivity index (χ2n) is 3.64. The van der Waals surface area contributed by atoms with Crippen molar-refractivity contribution in [3.8, 4) is 11.8 Å². The topological polar surface area (TPSA) is 33.0 Å². The van der Waals surface area contributed by atoms with Crippen LogP contribution in [-0.2, 0) is 5.41 Å². The molecule has 0 saturated heterocycles. The lowest BCUT2D eigenvalue weighted by Crippen LogP contribution is -2.13. The van der Waals surface area contributed by atoms with Gasteiger partial charge in [-0.05, 0) is 31.5 Å². The molecule has 0 atom stereocenters. The van der Waals surface area contributed by atoms with Gasteiger partial charge in [0.1, 0.15) is 5.75 Å². The second-order valence-corrected chi connectivity index (χ2v) is 3.64. The van der Waals surface area contributed by atoms with Gasteiger partial charge in [-0.1, -0.05) is 12.1 Å². The van der Waals surface area contributed by atoms with E-state index in [0.717, 1.165) is 5.56 Å². The van der Waals surface area contributed by atoms with Gasteiger partial charge in [0.15, 0.2) is 0 Å². The van der Waals surface area contributed by atoms with Crippen molar-refractivity contribution in [3.63, 3.8) is 0 Å². The Morgan fingerprint density at radius 1 is 1.27 bits per heavy atom. The molecule has 0 N–H and O–H groups in total. The maximum absolute atomic E-state index is 11.8. The highest BCUT2D eigenvalue weighted by Gasteiger charge is 2.19. The summed E-state index contributed by atoms with van der Waals surface area (Å²) in [6.45, 7) is 0.700. The van der Waals surface area contributed by atoms with Crippen molar-refractivity contribution in [1.82, 2.24) is 0 Å². The van der Waals surface area contributed by atoms with Crippen LogP contribution in [-0.4, -0.2) is 6.61 Å². The molecule has 0 saturated carbocycles. The largest absolute Gasteiger partial charge is 0.435 e. The van der Waals surface area contributed by atoms with Crippen molar-refractivity contribution in [2.24, 2.45) is 0 Å². The minimum Gasteiger partial charge on any atom is -0.435 e. The Balaban J connectivity index is 2.87. The lowest BCUT2D eigenvalue weighted by atomic mass is 9.86. The number of rotatable bonds is 3. The molecule has 15 heavy (non-hydrogen) atoms. The highest BCUT2D eigenvalue weighted by Crippen LogP contribution is 2.24. The summed E-state index contributed by atoms with van der Waals surface area (Å²) in [5.74, 6) is 0.0995. The van der Waals surface area contributed by atoms with Crippen LogP contribution < -0.4 is 4.74 Å². The highest BCUT2D eigenvalue weighted by molar-refractivity contribution is 5.35. The SMILES string of the molecule is CC(C)(C#N)c1ccc(OC(F)F)cc1. The third-order valence-electron chi connectivity index (χ3n) is 2.08. The Morgan fingerprint density at radius 3 is 2.20 bits per heavy atom. The zero-order valence-electron chi connectivity index (χ0n) is 8.50. The first-order chi connectivity index (χ1) is 6.95. The Labute approximate surface area is 87.1 Å². The van der Waals surface area contributed by atoms with Crippen LogP contribution in [0.25, 0.3) is 0 Å². The maximum atomic E-state index is 11.8. The molecule has 0 fully saturated rings. The fraction of sp³-hybridized carbons (Fsp3) is 0.364. The fourth-order valence-electron chi connectivity index (χ4n) is 1.12. The number of ether oxygens (including phenoxy) is 1. The van der Waals surface area contributed by atoms with E-state index in [1.165, 1.54) is 12.1 Å². The minimum atomic E-state index is -2.82. The van der Waals surface area contributed by atoms with Crippen molar-refractivity contribution < 1.29 is 13.5 Å². The maximum Gasteiger partial charge on any atom is 0.387 e. The number of nitrogens with zero attached hydrogens (tertiary/aromatic N) is 1. The lowest BCUT2D eigenvalue weighted by molar-refractivity contribution is -0.0498. The van der Waals surface area contributed by atoms with E-state index in [-0.39, 0.29) is 5.75 Å². The Kier molecular flexibility index (Phi) is 3.25. The molecular formula is C11H11F2NO. The second kappa shape index (κ2) is 4.26. The summed E-state index contributed by atoms with van der Waals surface area (Å²) < 4.78 is 27.9. The van der Waals surface area contributed by atoms with Crippen molar-refractivity contribution in [2.45, 2.75) is 25.9 Å². The molecule has 4 heteroatoms. The van der Waals surface area contributed by atoms with Gasteiger partial charge in [0.25, 0.3) is 0 Å². The lowest BCUT2D eigenvalue weighted by Gasteiger charge is -2.15. The minimum absolute atomic E-state index is 0.0995. The van der Waals surface area contributed by atoms with Gasteiger partial charge in [-0.25, -0.2) is 0 Å². The molecule has 0 aliphatic rings. The van der Waals surface area contributed by atoms with Crippen molar-refractivity contribution in [1.29, 1.82) is 5.26 Å². The molecule has 0 radical (unpaired) electrons. The Morgan fingerprint density at radius 2 is 1.80 bits per heavy atom. The van der Waals surface area contributed by atoms with Crippen molar-refractivity contribution in [2.75, 3.05) is 0 Å². The molecule has 0 amide bonds. The van der Waals surface area contributed by atoms with Crippen LogP contribution in [0.15, 0.2) is 24.3 Å². The van der Waals surface area contributed by atoms with E-state index in [9.17, 15) is 8.78 Å². The summed E-state index contributed by atoms with van der Waals surface area (Å²) >= 11 is 0. The summed E-state index contributed by atoms with van der Waals surface area (Å²) in [5, 5.41) is 8.86. The summed E-state index contributed by atoms with van der Waals surface area (Å²) in [5.41, 5.74) is 0.148. The van der Waals surface area contributed by atoms with Crippen LogP contribution in [0.4, 0.5) is 8.78 Å². The molecule has 0 aromatic heterocycles. The Hall–Kier alpha value is -1.63. The molecule has 0 bridgehead atoms. The molecule has 80 valence electrons. The monoisotopic (exact) mass is 211 g/mol. The summed E-state index contributed by atoms with van der Waals surface area (Å²) in [6.07, 6.45) is 0. The number of alkyl halides is 2. The highest BCUT2D eigenvalue weighted by atomic mass is 19.3. The van der Waals surface area contributed by atoms with E-state index in [1.54, 1.807) is 26.0 Å². The van der Waals surface area contributed by atoms with E-state index in [1.807, 2.05) is 0 Å². The zero-order chi connectivity index (χ0) is 11.5. The third-order valence-corrected chi connectivity index (χ3v) is 2.08. The standard InChI is InChI=1S/C11H11F2NO/c1-11(2,7-14)8-3-5-9(6-4-8)15-10(12)13/h3-6,10H,1-2H3. The third kappa shape index (κ3) is 2.91. The molecule has 2 nitrogen and oxygen atoms in total. The molecular weight excluding hydrogens is 200 g/mol. The van der Waals surface area contributed by atoms with Gasteiger partial charge in [0.05, 0.1) is 11.5 Å². The van der Waals surface area contributed by atoms with E-state index < -0.39 is 12.0 Å². The Bertz CT molecular complexity index is 365. The van der Waals surface area contributed by atoms with Crippen LogP contribution in [0.1, 0.15) is 19.4 Å². The summed E-state index contributed by atoms with van der Waals surface area (Å²) in [7, 11) is 0. The number of benzene rings is 1. The average molecular weight is 211 g/mol. The van der Waals surface area contributed by atoms with Gasteiger partial charge >= 0.3 is 6.61 Å². The molecule has 1 aromatic rings. The van der Waals surface area contributed by atoms with E-state index in [0.29, 0.717) is 0 Å². The van der Waals surface area contributed by atoms with Crippen LogP contribution in [0.5, 0.6) is 5.75 Å². The first-order valence-corrected chi connectivity index (χ1v) is 4.42. The predicted octanol–water partition coefficient (Wildman–Crippen LogP) is 3.09. The van der Waals surface area contributed by atoms with Crippen molar-refractivity contribution in [3.05, 3.63) is 29.8 Å². The predicted molar refractivity (Wildman–Crippen MR) is 51.7 cm³/mol. The van der Waals surface area contributed by atoms with Gasteiger partial charge < -0.3 is 4.74 Å². The van der Waals surface area contributed by atoms with E-state index in [2.05, 4.69) is 10.8 Å². The normalized spacial score (nSPS) is 11.2. The van der Waals surface area contributed by atoms with Crippen LogP contribution in [0.2, 0.25) is 0 Å². The van der Waals surface area contributed by atoms with Gasteiger partial charge in [-0.2, -0.15) is 14.0 Å². The summed E-state index contributed by atoms with van der Waals surface area (Å²) in [4.78, 5) is 0. The molecule has 0 spiro atoms. The number of hydrogen-bond acceptors (Lipinski definition) is 2. The average Bonchev–Trinajstić information content (AvgIpc) is 2.18. The van der Waals surface area contributed by atoms with Gasteiger partial charge in [-0.15, -0.1) is 0 Å². The van der Waals surface area contributed by atoms with Crippen LogP contribution in [0, 0.1) is 11.3 Å². The van der Waals surface area contributed by atoms with E-state index >= 15 is 0 Å². The first-order valence-electron chi connectivity index (χ1n) is 4.42. The molecule has 0 aliphatic carbocycles. The first kappa shape index (κ1) is 11.4. The quantitative estimate of drug-likeness (QED) is 0.769.